The molecule has 0 aliphatic heterocycles. The zero-order valence-electron chi connectivity index (χ0n) is 12.6. The van der Waals surface area contributed by atoms with E-state index in [1.165, 1.54) is 0 Å². The Morgan fingerprint density at radius 2 is 1.91 bits per heavy atom. The third-order valence-electron chi connectivity index (χ3n) is 3.20. The maximum Gasteiger partial charge on any atom is 0.272 e. The van der Waals surface area contributed by atoms with Crippen LogP contribution >= 0.6 is 0 Å². The first-order valence-corrected chi connectivity index (χ1v) is 7.07. The molecule has 1 N–H and O–H groups in total. The zero-order valence-corrected chi connectivity index (χ0v) is 12.6. The molecule has 1 aromatic heterocycles. The van der Waals surface area contributed by atoms with Gasteiger partial charge in [-0.1, -0.05) is 0 Å². The molecule has 0 fully saturated rings. The molecule has 0 atom stereocenters. The van der Waals surface area contributed by atoms with Gasteiger partial charge in [-0.25, -0.2) is 9.97 Å². The molecular weight excluding hydrogens is 278 g/mol. The van der Waals surface area contributed by atoms with Crippen molar-refractivity contribution in [3.8, 4) is 6.07 Å². The van der Waals surface area contributed by atoms with Crippen LogP contribution in [0.1, 0.15) is 29.9 Å². The summed E-state index contributed by atoms with van der Waals surface area (Å²) in [6.07, 6.45) is 1.55. The number of nitriles is 1. The number of hydrogen-bond donors (Lipinski definition) is 1. The number of aromatic nitrogens is 2. The summed E-state index contributed by atoms with van der Waals surface area (Å²) in [5, 5.41) is 11.8. The van der Waals surface area contributed by atoms with Crippen LogP contribution in [0.25, 0.3) is 0 Å². The minimum atomic E-state index is -0.115. The SMILES string of the molecule is CCN(CC)C(=O)c1ccnc(Nc2ccc(C#N)cc2)n1. The highest BCUT2D eigenvalue weighted by Gasteiger charge is 2.14. The molecular formula is C16H17N5O. The van der Waals surface area contributed by atoms with Crippen molar-refractivity contribution in [2.75, 3.05) is 18.4 Å². The molecule has 1 aromatic carbocycles. The topological polar surface area (TPSA) is 81.9 Å². The Labute approximate surface area is 129 Å². The smallest absolute Gasteiger partial charge is 0.272 e. The van der Waals surface area contributed by atoms with Crippen molar-refractivity contribution in [2.45, 2.75) is 13.8 Å². The van der Waals surface area contributed by atoms with Crippen molar-refractivity contribution in [3.05, 3.63) is 47.8 Å². The number of hydrogen-bond acceptors (Lipinski definition) is 5. The van der Waals surface area contributed by atoms with Crippen molar-refractivity contribution >= 4 is 17.5 Å². The highest BCUT2D eigenvalue weighted by molar-refractivity contribution is 5.92. The van der Waals surface area contributed by atoms with Gasteiger partial charge >= 0.3 is 0 Å². The summed E-state index contributed by atoms with van der Waals surface area (Å²) >= 11 is 0. The third kappa shape index (κ3) is 3.58. The Morgan fingerprint density at radius 1 is 1.23 bits per heavy atom. The lowest BCUT2D eigenvalue weighted by atomic mass is 10.2. The quantitative estimate of drug-likeness (QED) is 0.916. The molecule has 2 rings (SSSR count). The van der Waals surface area contributed by atoms with Gasteiger partial charge in [-0.05, 0) is 44.2 Å². The summed E-state index contributed by atoms with van der Waals surface area (Å²) in [6, 6.07) is 10.6. The molecule has 0 spiro atoms. The van der Waals surface area contributed by atoms with Gasteiger partial charge in [0.1, 0.15) is 5.69 Å². The molecule has 1 amide bonds. The van der Waals surface area contributed by atoms with Crippen LogP contribution in [0.5, 0.6) is 0 Å². The summed E-state index contributed by atoms with van der Waals surface area (Å²) in [6.45, 7) is 5.13. The highest BCUT2D eigenvalue weighted by Crippen LogP contribution is 2.14. The minimum Gasteiger partial charge on any atom is -0.338 e. The lowest BCUT2D eigenvalue weighted by Gasteiger charge is -2.18. The van der Waals surface area contributed by atoms with E-state index in [9.17, 15) is 4.79 Å². The number of benzene rings is 1. The van der Waals surface area contributed by atoms with Crippen LogP contribution in [0.15, 0.2) is 36.5 Å². The van der Waals surface area contributed by atoms with Gasteiger partial charge in [-0.2, -0.15) is 5.26 Å². The standard InChI is InChI=1S/C16H17N5O/c1-3-21(4-2)15(22)14-9-10-18-16(20-14)19-13-7-5-12(11-17)6-8-13/h5-10H,3-4H2,1-2H3,(H,18,19,20). The molecule has 0 saturated heterocycles. The fourth-order valence-corrected chi connectivity index (χ4v) is 1.97. The van der Waals surface area contributed by atoms with Gasteiger partial charge in [0.05, 0.1) is 11.6 Å². The summed E-state index contributed by atoms with van der Waals surface area (Å²) in [4.78, 5) is 22.3. The Hall–Kier alpha value is -2.94. The number of amides is 1. The van der Waals surface area contributed by atoms with Crippen LogP contribution in [0, 0.1) is 11.3 Å². The Bertz CT molecular complexity index is 686. The van der Waals surface area contributed by atoms with Gasteiger partial charge in [0.25, 0.3) is 5.91 Å². The Kier molecular flexibility index (Phi) is 5.04. The van der Waals surface area contributed by atoms with Crippen LogP contribution in [0.4, 0.5) is 11.6 Å². The van der Waals surface area contributed by atoms with Crippen LogP contribution in [-0.2, 0) is 0 Å². The van der Waals surface area contributed by atoms with Crippen LogP contribution in [0.3, 0.4) is 0 Å². The minimum absolute atomic E-state index is 0.115. The second kappa shape index (κ2) is 7.18. The van der Waals surface area contributed by atoms with Gasteiger partial charge in [0.15, 0.2) is 0 Å². The highest BCUT2D eigenvalue weighted by atomic mass is 16.2. The fraction of sp³-hybridized carbons (Fsp3) is 0.250. The summed E-state index contributed by atoms with van der Waals surface area (Å²) in [5.74, 6) is 0.234. The van der Waals surface area contributed by atoms with E-state index >= 15 is 0 Å². The summed E-state index contributed by atoms with van der Waals surface area (Å²) in [7, 11) is 0. The first-order valence-electron chi connectivity index (χ1n) is 7.07. The van der Waals surface area contributed by atoms with E-state index < -0.39 is 0 Å². The van der Waals surface area contributed by atoms with E-state index in [0.717, 1.165) is 5.69 Å². The normalized spacial score (nSPS) is 9.86. The van der Waals surface area contributed by atoms with E-state index in [4.69, 9.17) is 5.26 Å². The molecule has 1 heterocycles. The van der Waals surface area contributed by atoms with Gasteiger partial charge in [-0.3, -0.25) is 4.79 Å². The van der Waals surface area contributed by atoms with E-state index in [-0.39, 0.29) is 5.91 Å². The number of nitrogens with zero attached hydrogens (tertiary/aromatic N) is 4. The predicted octanol–water partition coefficient (Wildman–Crippen LogP) is 2.57. The van der Waals surface area contributed by atoms with Crippen molar-refractivity contribution in [1.29, 1.82) is 5.26 Å². The van der Waals surface area contributed by atoms with Gasteiger partial charge < -0.3 is 10.2 Å². The molecule has 0 aliphatic carbocycles. The fourth-order valence-electron chi connectivity index (χ4n) is 1.97. The average Bonchev–Trinajstić information content (AvgIpc) is 2.57. The van der Waals surface area contributed by atoms with Gasteiger partial charge in [-0.15, -0.1) is 0 Å². The van der Waals surface area contributed by atoms with E-state index in [0.29, 0.717) is 30.3 Å². The van der Waals surface area contributed by atoms with Crippen molar-refractivity contribution in [2.24, 2.45) is 0 Å². The lowest BCUT2D eigenvalue weighted by Crippen LogP contribution is -2.31. The Morgan fingerprint density at radius 3 is 2.50 bits per heavy atom. The van der Waals surface area contributed by atoms with E-state index in [1.54, 1.807) is 41.4 Å². The first-order chi connectivity index (χ1) is 10.7. The molecule has 0 bridgehead atoms. The van der Waals surface area contributed by atoms with Crippen LogP contribution in [0.2, 0.25) is 0 Å². The van der Waals surface area contributed by atoms with Crippen LogP contribution < -0.4 is 5.32 Å². The summed E-state index contributed by atoms with van der Waals surface area (Å²) < 4.78 is 0. The molecule has 112 valence electrons. The monoisotopic (exact) mass is 295 g/mol. The van der Waals surface area contributed by atoms with Gasteiger partial charge in [0.2, 0.25) is 5.95 Å². The molecule has 2 aromatic rings. The average molecular weight is 295 g/mol. The van der Waals surface area contributed by atoms with E-state index in [2.05, 4.69) is 21.4 Å². The largest absolute Gasteiger partial charge is 0.338 e. The zero-order chi connectivity index (χ0) is 15.9. The van der Waals surface area contributed by atoms with Crippen molar-refractivity contribution in [1.82, 2.24) is 14.9 Å². The van der Waals surface area contributed by atoms with Crippen molar-refractivity contribution in [3.63, 3.8) is 0 Å². The van der Waals surface area contributed by atoms with Gasteiger partial charge in [0, 0.05) is 25.0 Å². The Balaban J connectivity index is 2.17. The van der Waals surface area contributed by atoms with Crippen molar-refractivity contribution < 1.29 is 4.79 Å². The second-order valence-electron chi connectivity index (χ2n) is 4.56. The third-order valence-corrected chi connectivity index (χ3v) is 3.20. The molecule has 0 aliphatic rings. The molecule has 6 nitrogen and oxygen atoms in total. The summed E-state index contributed by atoms with van der Waals surface area (Å²) in [5.41, 5.74) is 1.69. The lowest BCUT2D eigenvalue weighted by molar-refractivity contribution is 0.0767. The number of carbonyl (C=O) groups is 1. The second-order valence-corrected chi connectivity index (χ2v) is 4.56. The van der Waals surface area contributed by atoms with Crippen LogP contribution in [-0.4, -0.2) is 33.9 Å². The number of anilines is 2. The predicted molar refractivity (Wildman–Crippen MR) is 83.7 cm³/mol. The molecule has 0 saturated carbocycles. The molecule has 6 heteroatoms. The maximum absolute atomic E-state index is 12.3. The number of rotatable bonds is 5. The first kappa shape index (κ1) is 15.4. The molecule has 0 unspecified atom stereocenters. The molecule has 0 radical (unpaired) electrons. The maximum atomic E-state index is 12.3. The number of carbonyl (C=O) groups excluding carboxylic acids is 1. The molecule has 22 heavy (non-hydrogen) atoms. The number of nitrogens with one attached hydrogen (secondary N) is 1. The van der Waals surface area contributed by atoms with E-state index in [1.807, 2.05) is 13.8 Å².